The van der Waals surface area contributed by atoms with Crippen LogP contribution in [0.3, 0.4) is 0 Å². The van der Waals surface area contributed by atoms with Crippen LogP contribution in [-0.2, 0) is 4.74 Å². The maximum absolute atomic E-state index is 13.3. The van der Waals surface area contributed by atoms with E-state index in [1.54, 1.807) is 7.11 Å². The SMILES string of the molecule is CCCNC(C(C)CCOC)C1CCC(F)(F)CC1. The molecule has 0 aromatic rings. The minimum atomic E-state index is -2.43. The third-order valence-corrected chi connectivity index (χ3v) is 4.29. The monoisotopic (exact) mass is 277 g/mol. The molecule has 19 heavy (non-hydrogen) atoms. The highest BCUT2D eigenvalue weighted by Gasteiger charge is 2.38. The van der Waals surface area contributed by atoms with Crippen molar-refractivity contribution < 1.29 is 13.5 Å². The van der Waals surface area contributed by atoms with Crippen molar-refractivity contribution in [2.45, 2.75) is 64.3 Å². The van der Waals surface area contributed by atoms with Gasteiger partial charge in [-0.3, -0.25) is 0 Å². The third-order valence-electron chi connectivity index (χ3n) is 4.29. The second-order valence-corrected chi connectivity index (χ2v) is 5.93. The molecular weight excluding hydrogens is 248 g/mol. The molecule has 1 aliphatic carbocycles. The van der Waals surface area contributed by atoms with Crippen LogP contribution in [-0.4, -0.2) is 32.2 Å². The molecule has 1 fully saturated rings. The Balaban J connectivity index is 2.53. The lowest BCUT2D eigenvalue weighted by Crippen LogP contribution is -2.44. The van der Waals surface area contributed by atoms with Crippen LogP contribution in [0, 0.1) is 11.8 Å². The highest BCUT2D eigenvalue weighted by molar-refractivity contribution is 4.87. The first kappa shape index (κ1) is 16.8. The minimum Gasteiger partial charge on any atom is -0.385 e. The van der Waals surface area contributed by atoms with Gasteiger partial charge >= 0.3 is 0 Å². The molecular formula is C15H29F2NO. The summed E-state index contributed by atoms with van der Waals surface area (Å²) in [6.07, 6.45) is 3.47. The molecule has 114 valence electrons. The summed E-state index contributed by atoms with van der Waals surface area (Å²) in [6.45, 7) is 6.06. The van der Waals surface area contributed by atoms with Gasteiger partial charge in [-0.15, -0.1) is 0 Å². The largest absolute Gasteiger partial charge is 0.385 e. The average molecular weight is 277 g/mol. The molecule has 1 aliphatic rings. The Morgan fingerprint density at radius 2 is 1.95 bits per heavy atom. The molecule has 0 aromatic heterocycles. The predicted molar refractivity (Wildman–Crippen MR) is 74.6 cm³/mol. The maximum atomic E-state index is 13.3. The normalized spacial score (nSPS) is 23.2. The summed E-state index contributed by atoms with van der Waals surface area (Å²) < 4.78 is 31.7. The third kappa shape index (κ3) is 5.74. The number of rotatable bonds is 8. The highest BCUT2D eigenvalue weighted by Crippen LogP contribution is 2.39. The summed E-state index contributed by atoms with van der Waals surface area (Å²) in [5.41, 5.74) is 0. The fourth-order valence-electron chi connectivity index (χ4n) is 3.05. The number of methoxy groups -OCH3 is 1. The molecule has 0 bridgehead atoms. The first-order chi connectivity index (χ1) is 9.00. The number of hydrogen-bond acceptors (Lipinski definition) is 2. The van der Waals surface area contributed by atoms with Gasteiger partial charge in [-0.1, -0.05) is 13.8 Å². The van der Waals surface area contributed by atoms with Crippen LogP contribution in [0.25, 0.3) is 0 Å². The summed E-state index contributed by atoms with van der Waals surface area (Å²) in [4.78, 5) is 0. The molecule has 0 amide bonds. The van der Waals surface area contributed by atoms with Gasteiger partial charge in [0.1, 0.15) is 0 Å². The molecule has 0 heterocycles. The van der Waals surface area contributed by atoms with E-state index >= 15 is 0 Å². The van der Waals surface area contributed by atoms with Crippen LogP contribution < -0.4 is 5.32 Å². The molecule has 1 rings (SSSR count). The van der Waals surface area contributed by atoms with Crippen molar-refractivity contribution in [3.63, 3.8) is 0 Å². The molecule has 2 atom stereocenters. The van der Waals surface area contributed by atoms with E-state index in [2.05, 4.69) is 19.2 Å². The molecule has 4 heteroatoms. The molecule has 2 unspecified atom stereocenters. The Bertz CT molecular complexity index is 238. The topological polar surface area (TPSA) is 21.3 Å². The zero-order valence-electron chi connectivity index (χ0n) is 12.6. The maximum Gasteiger partial charge on any atom is 0.248 e. The van der Waals surface area contributed by atoms with Gasteiger partial charge in [0, 0.05) is 32.6 Å². The highest BCUT2D eigenvalue weighted by atomic mass is 19.3. The second-order valence-electron chi connectivity index (χ2n) is 5.93. The molecule has 1 N–H and O–H groups in total. The molecule has 0 spiro atoms. The van der Waals surface area contributed by atoms with E-state index < -0.39 is 5.92 Å². The first-order valence-electron chi connectivity index (χ1n) is 7.60. The number of halogens is 2. The summed E-state index contributed by atoms with van der Waals surface area (Å²) in [5.74, 6) is -1.57. The van der Waals surface area contributed by atoms with Gasteiger partial charge in [0.15, 0.2) is 0 Å². The van der Waals surface area contributed by atoms with Crippen LogP contribution in [0.4, 0.5) is 8.78 Å². The lowest BCUT2D eigenvalue weighted by Gasteiger charge is -2.37. The van der Waals surface area contributed by atoms with Crippen molar-refractivity contribution in [3.05, 3.63) is 0 Å². The number of alkyl halides is 2. The van der Waals surface area contributed by atoms with Crippen LogP contribution in [0.15, 0.2) is 0 Å². The van der Waals surface area contributed by atoms with E-state index in [-0.39, 0.29) is 12.8 Å². The summed E-state index contributed by atoms with van der Waals surface area (Å²) in [7, 11) is 1.71. The Morgan fingerprint density at radius 1 is 1.32 bits per heavy atom. The van der Waals surface area contributed by atoms with Crippen molar-refractivity contribution in [2.75, 3.05) is 20.3 Å². The molecule has 0 aliphatic heterocycles. The summed E-state index contributed by atoms with van der Waals surface area (Å²) in [5, 5.41) is 3.57. The standard InChI is InChI=1S/C15H29F2NO/c1-4-10-18-14(12(2)7-11-19-3)13-5-8-15(16,17)9-6-13/h12-14,18H,4-11H2,1-3H3. The molecule has 2 nitrogen and oxygen atoms in total. The van der Waals surface area contributed by atoms with Gasteiger partial charge in [0.2, 0.25) is 5.92 Å². The van der Waals surface area contributed by atoms with Gasteiger partial charge in [-0.25, -0.2) is 8.78 Å². The van der Waals surface area contributed by atoms with E-state index in [0.717, 1.165) is 26.0 Å². The van der Waals surface area contributed by atoms with Crippen LogP contribution in [0.5, 0.6) is 0 Å². The number of hydrogen-bond donors (Lipinski definition) is 1. The molecule has 1 saturated carbocycles. The fourth-order valence-corrected chi connectivity index (χ4v) is 3.05. The van der Waals surface area contributed by atoms with Crippen molar-refractivity contribution in [1.82, 2.24) is 5.32 Å². The van der Waals surface area contributed by atoms with Crippen molar-refractivity contribution in [2.24, 2.45) is 11.8 Å². The Hall–Kier alpha value is -0.220. The van der Waals surface area contributed by atoms with E-state index in [9.17, 15) is 8.78 Å². The Morgan fingerprint density at radius 3 is 2.47 bits per heavy atom. The number of ether oxygens (including phenoxy) is 1. The molecule has 0 aromatic carbocycles. The van der Waals surface area contributed by atoms with Gasteiger partial charge in [-0.05, 0) is 44.1 Å². The fraction of sp³-hybridized carbons (Fsp3) is 1.00. The van der Waals surface area contributed by atoms with Crippen LogP contribution >= 0.6 is 0 Å². The van der Waals surface area contributed by atoms with Crippen molar-refractivity contribution in [1.29, 1.82) is 0 Å². The zero-order chi connectivity index (χ0) is 14.3. The second kappa shape index (κ2) is 8.15. The van der Waals surface area contributed by atoms with Gasteiger partial charge in [-0.2, -0.15) is 0 Å². The molecule has 0 radical (unpaired) electrons. The van der Waals surface area contributed by atoms with E-state index in [4.69, 9.17) is 4.74 Å². The van der Waals surface area contributed by atoms with Crippen LogP contribution in [0.2, 0.25) is 0 Å². The van der Waals surface area contributed by atoms with Crippen molar-refractivity contribution >= 4 is 0 Å². The minimum absolute atomic E-state index is 0.0545. The lowest BCUT2D eigenvalue weighted by molar-refractivity contribution is -0.0522. The lowest BCUT2D eigenvalue weighted by atomic mass is 9.77. The number of nitrogens with one attached hydrogen (secondary N) is 1. The van der Waals surface area contributed by atoms with Gasteiger partial charge in [0.05, 0.1) is 0 Å². The Kier molecular flexibility index (Phi) is 7.22. The quantitative estimate of drug-likeness (QED) is 0.727. The van der Waals surface area contributed by atoms with Crippen LogP contribution in [0.1, 0.15) is 52.4 Å². The smallest absolute Gasteiger partial charge is 0.248 e. The average Bonchev–Trinajstić information content (AvgIpc) is 2.38. The van der Waals surface area contributed by atoms with E-state index in [0.29, 0.717) is 30.7 Å². The summed E-state index contributed by atoms with van der Waals surface area (Å²) in [6, 6.07) is 0.353. The van der Waals surface area contributed by atoms with Crippen molar-refractivity contribution in [3.8, 4) is 0 Å². The zero-order valence-corrected chi connectivity index (χ0v) is 12.6. The van der Waals surface area contributed by atoms with Gasteiger partial charge < -0.3 is 10.1 Å². The predicted octanol–water partition coefficient (Wildman–Crippen LogP) is 3.85. The van der Waals surface area contributed by atoms with E-state index in [1.165, 1.54) is 0 Å². The Labute approximate surface area is 116 Å². The summed E-state index contributed by atoms with van der Waals surface area (Å²) >= 11 is 0. The molecule has 0 saturated heterocycles. The van der Waals surface area contributed by atoms with E-state index in [1.807, 2.05) is 0 Å². The van der Waals surface area contributed by atoms with Gasteiger partial charge in [0.25, 0.3) is 0 Å². The first-order valence-corrected chi connectivity index (χ1v) is 7.60.